The number of nitrogens with zero attached hydrogens (tertiary/aromatic N) is 3. The van der Waals surface area contributed by atoms with Crippen LogP contribution in [0.1, 0.15) is 30.5 Å². The number of hydrogen-bond acceptors (Lipinski definition) is 5. The first-order valence-electron chi connectivity index (χ1n) is 11.9. The Morgan fingerprint density at radius 1 is 0.931 bits per heavy atom. The van der Waals surface area contributed by atoms with Crippen molar-refractivity contribution in [2.75, 3.05) is 5.43 Å². The van der Waals surface area contributed by atoms with Gasteiger partial charge in [0.15, 0.2) is 0 Å². The van der Waals surface area contributed by atoms with Crippen LogP contribution in [-0.2, 0) is 4.79 Å². The summed E-state index contributed by atoms with van der Waals surface area (Å²) in [5.74, 6) is -0.902. The summed E-state index contributed by atoms with van der Waals surface area (Å²) >= 11 is 0. The summed E-state index contributed by atoms with van der Waals surface area (Å²) < 4.78 is 48.2. The minimum absolute atomic E-state index is 0.198. The molecule has 5 nitrogen and oxygen atoms in total. The number of carbonyl (C=O) groups is 1. The van der Waals surface area contributed by atoms with E-state index in [1.807, 2.05) is 31.2 Å². The Kier molecular flexibility index (Phi) is 3.48. The fourth-order valence-electron chi connectivity index (χ4n) is 2.72. The number of ketones is 1. The van der Waals surface area contributed by atoms with E-state index in [0.717, 1.165) is 16.8 Å². The Bertz CT molecular complexity index is 1480. The van der Waals surface area contributed by atoms with Crippen LogP contribution in [0, 0.1) is 13.8 Å². The molecule has 142 valence electrons. The highest BCUT2D eigenvalue weighted by atomic mass is 16.1. The van der Waals surface area contributed by atoms with E-state index in [9.17, 15) is 4.79 Å². The molecule has 0 amide bonds. The van der Waals surface area contributed by atoms with Crippen LogP contribution in [0.15, 0.2) is 88.0 Å². The summed E-state index contributed by atoms with van der Waals surface area (Å²) in [6, 6.07) is 9.45. The molecule has 5 heteroatoms. The monoisotopic (exact) mass is 386 g/mol. The maximum Gasteiger partial charge on any atom is 0.206 e. The predicted octanol–water partition coefficient (Wildman–Crippen LogP) is 6.13. The molecule has 4 rings (SSSR count). The van der Waals surface area contributed by atoms with Crippen LogP contribution < -0.4 is 5.43 Å². The van der Waals surface area contributed by atoms with Gasteiger partial charge in [-0.3, -0.25) is 10.2 Å². The predicted molar refractivity (Wildman–Crippen MR) is 117 cm³/mol. The van der Waals surface area contributed by atoms with Gasteiger partial charge in [0.05, 0.1) is 25.3 Å². The van der Waals surface area contributed by atoms with Gasteiger partial charge in [-0.05, 0) is 60.9 Å². The van der Waals surface area contributed by atoms with Crippen molar-refractivity contribution in [3.63, 3.8) is 0 Å². The lowest BCUT2D eigenvalue weighted by molar-refractivity contribution is -0.108. The average Bonchev–Trinajstić information content (AvgIpc) is 2.84. The quantitative estimate of drug-likeness (QED) is 0.433. The largest absolute Gasteiger partial charge is 0.287 e. The van der Waals surface area contributed by atoms with Gasteiger partial charge in [-0.25, -0.2) is 0 Å². The molecule has 1 aliphatic carbocycles. The molecule has 0 bridgehead atoms. The second-order valence-corrected chi connectivity index (χ2v) is 6.39. The Morgan fingerprint density at radius 3 is 2.59 bits per heavy atom. The molecule has 3 aromatic carbocycles. The van der Waals surface area contributed by atoms with Gasteiger partial charge < -0.3 is 0 Å². The van der Waals surface area contributed by atoms with Crippen LogP contribution in [-0.4, -0.2) is 11.5 Å². The summed E-state index contributed by atoms with van der Waals surface area (Å²) in [6.07, 6.45) is 0. The first kappa shape index (κ1) is 12.6. The molecule has 0 saturated heterocycles. The average molecular weight is 386 g/mol. The molecule has 0 heterocycles. The third-order valence-corrected chi connectivity index (χ3v) is 4.33. The second kappa shape index (κ2) is 8.02. The number of benzene rings is 3. The van der Waals surface area contributed by atoms with E-state index < -0.39 is 42.1 Å². The van der Waals surface area contributed by atoms with Gasteiger partial charge in [-0.2, -0.15) is 15.3 Å². The van der Waals surface area contributed by atoms with Crippen LogP contribution in [0.5, 0.6) is 0 Å². The highest BCUT2D eigenvalue weighted by molar-refractivity contribution is 6.52. The summed E-state index contributed by atoms with van der Waals surface area (Å²) in [7, 11) is 0. The lowest BCUT2D eigenvalue weighted by Crippen LogP contribution is -2.19. The first-order valence-corrected chi connectivity index (χ1v) is 8.86. The van der Waals surface area contributed by atoms with Crippen molar-refractivity contribution in [1.82, 2.24) is 0 Å². The number of carbonyl (C=O) groups excluding carboxylic acids is 1. The SMILES string of the molecule is [2H]C1=C([2H])c2c([2H])c([2H])c([2H])c([2H])c2/C(=N\Nc2ccc(N=Nc3ccccc3C)cc2C)C1=O. The van der Waals surface area contributed by atoms with Crippen molar-refractivity contribution in [2.24, 2.45) is 15.3 Å². The number of anilines is 1. The minimum Gasteiger partial charge on any atom is -0.287 e. The normalized spacial score (nSPS) is 18.0. The van der Waals surface area contributed by atoms with Crippen molar-refractivity contribution in [3.8, 4) is 0 Å². The Hall–Kier alpha value is -3.86. The van der Waals surface area contributed by atoms with E-state index >= 15 is 0 Å². The lowest BCUT2D eigenvalue weighted by Gasteiger charge is -2.13. The van der Waals surface area contributed by atoms with Crippen LogP contribution in [0.3, 0.4) is 0 Å². The molecule has 1 aliphatic rings. The maximum absolute atomic E-state index is 12.7. The number of hydrogen-bond donors (Lipinski definition) is 1. The number of azo groups is 1. The fraction of sp³-hybridized carbons (Fsp3) is 0.0833. The molecule has 29 heavy (non-hydrogen) atoms. The molecule has 3 aromatic rings. The standard InChI is InChI=1S/C24H20N4O/c1-16-7-3-6-10-21(16)26-25-19-12-13-22(17(2)15-19)27-28-24-20-9-5-4-8-18(20)11-14-23(24)29/h3-15,27H,1-2H3/b26-25?,28-24+/i4D,5D,8D,9D,11D,14D. The van der Waals surface area contributed by atoms with Gasteiger partial charge in [0.25, 0.3) is 0 Å². The number of allylic oxidation sites excluding steroid dienone is 1. The summed E-state index contributed by atoms with van der Waals surface area (Å²) in [6.45, 7) is 3.74. The number of nitrogens with one attached hydrogen (secondary N) is 1. The highest BCUT2D eigenvalue weighted by Gasteiger charge is 2.18. The van der Waals surface area contributed by atoms with Crippen LogP contribution in [0.4, 0.5) is 17.1 Å². The second-order valence-electron chi connectivity index (χ2n) is 6.39. The zero-order valence-corrected chi connectivity index (χ0v) is 15.8. The summed E-state index contributed by atoms with van der Waals surface area (Å²) in [4.78, 5) is 12.7. The molecule has 0 fully saturated rings. The Balaban J connectivity index is 1.69. The highest BCUT2D eigenvalue weighted by Crippen LogP contribution is 2.26. The van der Waals surface area contributed by atoms with Crippen molar-refractivity contribution < 1.29 is 13.0 Å². The Morgan fingerprint density at radius 2 is 1.76 bits per heavy atom. The molecule has 0 unspecified atom stereocenters. The molecule has 0 atom stereocenters. The van der Waals surface area contributed by atoms with Crippen molar-refractivity contribution >= 4 is 34.6 Å². The van der Waals surface area contributed by atoms with Crippen LogP contribution in [0.25, 0.3) is 6.05 Å². The Labute approximate surface area is 177 Å². The third kappa shape index (κ3) is 4.04. The van der Waals surface area contributed by atoms with E-state index in [0.29, 0.717) is 11.4 Å². The molecular formula is C24H20N4O. The van der Waals surface area contributed by atoms with E-state index in [-0.39, 0.29) is 16.8 Å². The smallest absolute Gasteiger partial charge is 0.206 e. The van der Waals surface area contributed by atoms with Crippen LogP contribution in [0.2, 0.25) is 0 Å². The molecular weight excluding hydrogens is 360 g/mol. The van der Waals surface area contributed by atoms with Gasteiger partial charge >= 0.3 is 0 Å². The molecule has 0 radical (unpaired) electrons. The molecule has 0 aromatic heterocycles. The molecule has 0 spiro atoms. The molecule has 0 saturated carbocycles. The van der Waals surface area contributed by atoms with E-state index in [1.165, 1.54) is 0 Å². The van der Waals surface area contributed by atoms with Gasteiger partial charge in [-0.1, -0.05) is 48.4 Å². The van der Waals surface area contributed by atoms with Gasteiger partial charge in [0, 0.05) is 5.56 Å². The van der Waals surface area contributed by atoms with Crippen molar-refractivity contribution in [2.45, 2.75) is 13.8 Å². The van der Waals surface area contributed by atoms with E-state index in [2.05, 4.69) is 20.8 Å². The maximum atomic E-state index is 12.7. The minimum atomic E-state index is -0.902. The molecule has 0 aliphatic heterocycles. The number of hydrazone groups is 1. The number of aryl methyl sites for hydroxylation is 2. The zero-order chi connectivity index (χ0) is 25.4. The topological polar surface area (TPSA) is 66.2 Å². The van der Waals surface area contributed by atoms with Gasteiger partial charge in [0.1, 0.15) is 5.71 Å². The number of rotatable bonds is 4. The van der Waals surface area contributed by atoms with E-state index in [4.69, 9.17) is 8.22 Å². The summed E-state index contributed by atoms with van der Waals surface area (Å²) in [5, 5.41) is 12.6. The first-order chi connectivity index (χ1) is 16.6. The van der Waals surface area contributed by atoms with Gasteiger partial charge in [0.2, 0.25) is 5.78 Å². The zero-order valence-electron chi connectivity index (χ0n) is 21.8. The summed E-state index contributed by atoms with van der Waals surface area (Å²) in [5.41, 5.74) is 5.60. The number of fused-ring (bicyclic) bond motifs is 1. The van der Waals surface area contributed by atoms with Crippen molar-refractivity contribution in [1.29, 1.82) is 0 Å². The van der Waals surface area contributed by atoms with E-state index in [1.54, 1.807) is 25.1 Å². The van der Waals surface area contributed by atoms with Crippen LogP contribution >= 0.6 is 0 Å². The van der Waals surface area contributed by atoms with Gasteiger partial charge in [-0.15, -0.1) is 0 Å². The molecule has 1 N–H and O–H groups in total. The van der Waals surface area contributed by atoms with Crippen molar-refractivity contribution in [3.05, 3.63) is 94.9 Å². The third-order valence-electron chi connectivity index (χ3n) is 4.33. The lowest BCUT2D eigenvalue weighted by atomic mass is 9.95. The fourth-order valence-corrected chi connectivity index (χ4v) is 2.72.